The summed E-state index contributed by atoms with van der Waals surface area (Å²) in [6.07, 6.45) is 3.50. The van der Waals surface area contributed by atoms with Crippen molar-refractivity contribution in [1.29, 1.82) is 0 Å². The molecule has 0 saturated heterocycles. The molecular formula is C12H9N3. The second-order valence-corrected chi connectivity index (χ2v) is 3.43. The van der Waals surface area contributed by atoms with E-state index < -0.39 is 0 Å². The van der Waals surface area contributed by atoms with E-state index in [1.807, 2.05) is 30.3 Å². The van der Waals surface area contributed by atoms with Crippen LogP contribution in [0, 0.1) is 0 Å². The number of aromatic nitrogens is 2. The first kappa shape index (κ1) is 8.17. The van der Waals surface area contributed by atoms with Crippen LogP contribution in [0.1, 0.15) is 0 Å². The number of anilines is 1. The maximum Gasteiger partial charge on any atom is 0.0816 e. The smallest absolute Gasteiger partial charge is 0.0816 e. The number of nitrogens with two attached hydrogens (primary N) is 1. The van der Waals surface area contributed by atoms with Crippen LogP contribution in [-0.2, 0) is 0 Å². The molecule has 0 aliphatic heterocycles. The van der Waals surface area contributed by atoms with E-state index in [0.717, 1.165) is 27.5 Å². The van der Waals surface area contributed by atoms with Crippen molar-refractivity contribution < 1.29 is 0 Å². The Hall–Kier alpha value is -2.16. The molecule has 1 aromatic carbocycles. The Balaban J connectivity index is 2.60. The number of hydrogen-bond donors (Lipinski definition) is 1. The second-order valence-electron chi connectivity index (χ2n) is 3.43. The maximum absolute atomic E-state index is 5.89. The molecule has 0 radical (unpaired) electrons. The number of benzene rings is 1. The van der Waals surface area contributed by atoms with E-state index in [2.05, 4.69) is 9.97 Å². The highest BCUT2D eigenvalue weighted by Crippen LogP contribution is 2.25. The van der Waals surface area contributed by atoms with Crippen LogP contribution >= 0.6 is 0 Å². The standard InChI is InChI=1S/C12H9N3/c13-10-5-7-15-12-8(10)3-4-11-9(12)2-1-6-14-11/h1-7H,(H2,13,15). The van der Waals surface area contributed by atoms with Gasteiger partial charge in [0.2, 0.25) is 0 Å². The van der Waals surface area contributed by atoms with Gasteiger partial charge in [0.05, 0.1) is 11.0 Å². The number of rotatable bonds is 0. The molecule has 0 spiro atoms. The number of fused-ring (bicyclic) bond motifs is 3. The average Bonchev–Trinajstić information content (AvgIpc) is 2.29. The van der Waals surface area contributed by atoms with E-state index in [0.29, 0.717) is 0 Å². The molecule has 0 aliphatic carbocycles. The van der Waals surface area contributed by atoms with Crippen LogP contribution in [-0.4, -0.2) is 9.97 Å². The summed E-state index contributed by atoms with van der Waals surface area (Å²) >= 11 is 0. The maximum atomic E-state index is 5.89. The van der Waals surface area contributed by atoms with E-state index in [9.17, 15) is 0 Å². The van der Waals surface area contributed by atoms with Gasteiger partial charge in [-0.3, -0.25) is 9.97 Å². The average molecular weight is 195 g/mol. The minimum Gasteiger partial charge on any atom is -0.398 e. The lowest BCUT2D eigenvalue weighted by Gasteiger charge is -2.03. The summed E-state index contributed by atoms with van der Waals surface area (Å²) in [5.74, 6) is 0. The molecule has 0 aliphatic rings. The van der Waals surface area contributed by atoms with E-state index in [-0.39, 0.29) is 0 Å². The number of hydrogen-bond acceptors (Lipinski definition) is 3. The summed E-state index contributed by atoms with van der Waals surface area (Å²) < 4.78 is 0. The predicted octanol–water partition coefficient (Wildman–Crippen LogP) is 2.37. The van der Waals surface area contributed by atoms with E-state index in [1.165, 1.54) is 0 Å². The van der Waals surface area contributed by atoms with Gasteiger partial charge in [-0.2, -0.15) is 0 Å². The van der Waals surface area contributed by atoms with Gasteiger partial charge in [0.1, 0.15) is 0 Å². The van der Waals surface area contributed by atoms with Gasteiger partial charge in [0.15, 0.2) is 0 Å². The first-order valence-corrected chi connectivity index (χ1v) is 4.74. The summed E-state index contributed by atoms with van der Waals surface area (Å²) in [5, 5.41) is 2.03. The third-order valence-electron chi connectivity index (χ3n) is 2.53. The molecule has 0 atom stereocenters. The van der Waals surface area contributed by atoms with E-state index in [4.69, 9.17) is 5.73 Å². The van der Waals surface area contributed by atoms with Crippen molar-refractivity contribution in [3.05, 3.63) is 42.7 Å². The van der Waals surface area contributed by atoms with Gasteiger partial charge in [0.25, 0.3) is 0 Å². The quantitative estimate of drug-likeness (QED) is 0.560. The highest BCUT2D eigenvalue weighted by atomic mass is 14.7. The fourth-order valence-electron chi connectivity index (χ4n) is 1.79. The third-order valence-corrected chi connectivity index (χ3v) is 2.53. The number of nitrogens with zero attached hydrogens (tertiary/aromatic N) is 2. The first-order chi connectivity index (χ1) is 7.36. The molecule has 2 aromatic heterocycles. The van der Waals surface area contributed by atoms with Crippen molar-refractivity contribution in [2.45, 2.75) is 0 Å². The van der Waals surface area contributed by atoms with Crippen LogP contribution in [0.2, 0.25) is 0 Å². The Morgan fingerprint density at radius 3 is 2.73 bits per heavy atom. The van der Waals surface area contributed by atoms with E-state index >= 15 is 0 Å². The Bertz CT molecular complexity index is 646. The second kappa shape index (κ2) is 2.92. The van der Waals surface area contributed by atoms with Crippen LogP contribution in [0.5, 0.6) is 0 Å². The minimum atomic E-state index is 0.755. The van der Waals surface area contributed by atoms with Gasteiger partial charge in [0, 0.05) is 28.9 Å². The van der Waals surface area contributed by atoms with Gasteiger partial charge >= 0.3 is 0 Å². The van der Waals surface area contributed by atoms with Crippen LogP contribution in [0.3, 0.4) is 0 Å². The molecule has 3 heteroatoms. The van der Waals surface area contributed by atoms with Gasteiger partial charge in [-0.25, -0.2) is 0 Å². The molecule has 0 fully saturated rings. The van der Waals surface area contributed by atoms with Gasteiger partial charge in [-0.05, 0) is 30.3 Å². The van der Waals surface area contributed by atoms with Gasteiger partial charge in [-0.1, -0.05) is 0 Å². The molecule has 0 amide bonds. The normalized spacial score (nSPS) is 10.9. The van der Waals surface area contributed by atoms with Crippen molar-refractivity contribution in [2.75, 3.05) is 5.73 Å². The summed E-state index contributed by atoms with van der Waals surface area (Å²) in [6, 6.07) is 9.66. The molecule has 2 N–H and O–H groups in total. The Morgan fingerprint density at radius 1 is 0.867 bits per heavy atom. The fourth-order valence-corrected chi connectivity index (χ4v) is 1.79. The molecule has 0 bridgehead atoms. The zero-order valence-corrected chi connectivity index (χ0v) is 8.01. The van der Waals surface area contributed by atoms with Crippen LogP contribution < -0.4 is 5.73 Å². The zero-order chi connectivity index (χ0) is 10.3. The molecule has 3 aromatic rings. The van der Waals surface area contributed by atoms with Crippen molar-refractivity contribution in [3.8, 4) is 0 Å². The number of nitrogen functional groups attached to an aromatic ring is 1. The minimum absolute atomic E-state index is 0.755. The van der Waals surface area contributed by atoms with Crippen molar-refractivity contribution in [2.24, 2.45) is 0 Å². The lowest BCUT2D eigenvalue weighted by atomic mass is 10.1. The zero-order valence-electron chi connectivity index (χ0n) is 8.01. The van der Waals surface area contributed by atoms with Crippen molar-refractivity contribution in [3.63, 3.8) is 0 Å². The largest absolute Gasteiger partial charge is 0.398 e. The summed E-state index contributed by atoms with van der Waals surface area (Å²) in [7, 11) is 0. The lowest BCUT2D eigenvalue weighted by Crippen LogP contribution is -1.90. The Morgan fingerprint density at radius 2 is 1.80 bits per heavy atom. The lowest BCUT2D eigenvalue weighted by molar-refractivity contribution is 1.39. The summed E-state index contributed by atoms with van der Waals surface area (Å²) in [6.45, 7) is 0. The monoisotopic (exact) mass is 195 g/mol. The molecule has 2 heterocycles. The summed E-state index contributed by atoms with van der Waals surface area (Å²) in [4.78, 5) is 8.63. The third kappa shape index (κ3) is 1.13. The van der Waals surface area contributed by atoms with Gasteiger partial charge < -0.3 is 5.73 Å². The Labute approximate surface area is 86.6 Å². The van der Waals surface area contributed by atoms with E-state index in [1.54, 1.807) is 12.4 Å². The van der Waals surface area contributed by atoms with Crippen molar-refractivity contribution >= 4 is 27.5 Å². The fraction of sp³-hybridized carbons (Fsp3) is 0. The molecule has 0 saturated carbocycles. The summed E-state index contributed by atoms with van der Waals surface area (Å²) in [5.41, 5.74) is 8.51. The predicted molar refractivity (Wildman–Crippen MR) is 61.5 cm³/mol. The molecule has 15 heavy (non-hydrogen) atoms. The molecular weight excluding hydrogens is 186 g/mol. The highest BCUT2D eigenvalue weighted by molar-refractivity contribution is 6.07. The molecule has 3 nitrogen and oxygen atoms in total. The molecule has 0 unspecified atom stereocenters. The molecule has 3 rings (SSSR count). The topological polar surface area (TPSA) is 51.8 Å². The molecule has 72 valence electrons. The van der Waals surface area contributed by atoms with Crippen LogP contribution in [0.4, 0.5) is 5.69 Å². The van der Waals surface area contributed by atoms with Crippen LogP contribution in [0.15, 0.2) is 42.7 Å². The highest BCUT2D eigenvalue weighted by Gasteiger charge is 2.03. The Kier molecular flexibility index (Phi) is 1.59. The van der Waals surface area contributed by atoms with Crippen molar-refractivity contribution in [1.82, 2.24) is 9.97 Å². The first-order valence-electron chi connectivity index (χ1n) is 4.74. The SMILES string of the molecule is Nc1ccnc2c1ccc1ncccc12. The number of pyridine rings is 2. The van der Waals surface area contributed by atoms with Crippen LogP contribution in [0.25, 0.3) is 21.8 Å². The van der Waals surface area contributed by atoms with Gasteiger partial charge in [-0.15, -0.1) is 0 Å².